The number of anilines is 1. The van der Waals surface area contributed by atoms with E-state index < -0.39 is 47.6 Å². The Morgan fingerprint density at radius 2 is 1.76 bits per heavy atom. The number of aromatic nitrogens is 5. The van der Waals surface area contributed by atoms with Gasteiger partial charge in [-0.15, -0.1) is 0 Å². The lowest BCUT2D eigenvalue weighted by atomic mass is 9.93. The molecule has 0 spiro atoms. The normalized spacial score (nSPS) is 14.0. The van der Waals surface area contributed by atoms with Crippen LogP contribution in [-0.4, -0.2) is 41.2 Å². The summed E-state index contributed by atoms with van der Waals surface area (Å²) in [6.45, 7) is 2.42. The number of carbonyl (C=O) groups is 1. The number of carbonyl (C=O) groups excluding carboxylic acids is 1. The third-order valence-electron chi connectivity index (χ3n) is 8.09. The van der Waals surface area contributed by atoms with Crippen molar-refractivity contribution in [3.05, 3.63) is 93.5 Å². The van der Waals surface area contributed by atoms with Gasteiger partial charge in [-0.3, -0.25) is 14.2 Å². The second-order valence-corrected chi connectivity index (χ2v) is 13.2. The highest BCUT2D eigenvalue weighted by Crippen LogP contribution is 2.42. The van der Waals surface area contributed by atoms with Gasteiger partial charge in [0.15, 0.2) is 11.5 Å². The summed E-state index contributed by atoms with van der Waals surface area (Å²) in [7, 11) is 1.67. The molecule has 6 rings (SSSR count). The lowest BCUT2D eigenvalue weighted by Crippen LogP contribution is -2.34. The quantitative estimate of drug-likeness (QED) is 0.125. The van der Waals surface area contributed by atoms with E-state index in [1.54, 1.807) is 31.3 Å². The summed E-state index contributed by atoms with van der Waals surface area (Å²) >= 11 is 6.50. The second kappa shape index (κ2) is 13.0. The Morgan fingerprint density at radius 1 is 1.08 bits per heavy atom. The van der Waals surface area contributed by atoms with E-state index >= 15 is 0 Å². The zero-order chi connectivity index (χ0) is 36.1. The Morgan fingerprint density at radius 3 is 2.40 bits per heavy atom. The van der Waals surface area contributed by atoms with Gasteiger partial charge in [0.05, 0.1) is 27.7 Å². The minimum Gasteiger partial charge on any atom is -0.382 e. The number of rotatable bonds is 8. The summed E-state index contributed by atoms with van der Waals surface area (Å²) in [6.07, 6.45) is -3.57. The van der Waals surface area contributed by atoms with Gasteiger partial charge in [0.2, 0.25) is 5.91 Å². The number of nitrogen functional groups attached to an aromatic ring is 1. The number of alkyl halides is 3. The van der Waals surface area contributed by atoms with Gasteiger partial charge in [0.25, 0.3) is 0 Å². The SMILES string of the molecule is Cn1nc(N)c2c(Cl)ccc(-c3ccc(C#CC(C)(C)O)nc3[C@H](Cc3cc(F)cc(F)c3)NC(=O)Cn3nc(C(F)(F)F)cc3C3CC3)c21. The maximum absolute atomic E-state index is 14.4. The molecule has 1 saturated carbocycles. The second-order valence-electron chi connectivity index (χ2n) is 12.8. The third kappa shape index (κ3) is 7.59. The van der Waals surface area contributed by atoms with Gasteiger partial charge in [0.1, 0.15) is 29.5 Å². The van der Waals surface area contributed by atoms with Crippen molar-refractivity contribution >= 4 is 34.2 Å². The van der Waals surface area contributed by atoms with E-state index in [-0.39, 0.29) is 40.8 Å². The van der Waals surface area contributed by atoms with Crippen molar-refractivity contribution in [1.29, 1.82) is 0 Å². The number of aryl methyl sites for hydroxylation is 1. The fourth-order valence-corrected chi connectivity index (χ4v) is 6.09. The first-order valence-corrected chi connectivity index (χ1v) is 15.9. The monoisotopic (exact) mass is 711 g/mol. The summed E-state index contributed by atoms with van der Waals surface area (Å²) in [5.41, 5.74) is 6.07. The van der Waals surface area contributed by atoms with Gasteiger partial charge < -0.3 is 16.2 Å². The van der Waals surface area contributed by atoms with E-state index in [2.05, 4.69) is 27.4 Å². The maximum Gasteiger partial charge on any atom is 0.435 e. The summed E-state index contributed by atoms with van der Waals surface area (Å²) < 4.78 is 72.2. The Kier molecular flexibility index (Phi) is 9.09. The zero-order valence-electron chi connectivity index (χ0n) is 27.0. The van der Waals surface area contributed by atoms with E-state index in [0.29, 0.717) is 46.0 Å². The standard InChI is InChI=1S/C35H31ClF5N7O2/c1-34(2,50)11-10-22-6-7-23(24-8-9-25(36)30-32(24)47(3)46-33(30)42)31(43-22)26(14-18-12-20(37)15-21(38)13-18)44-29(49)17-48-27(19-4-5-19)16-28(45-48)35(39,40)41/h6-9,12-13,15-16,19,26,50H,4-5,14,17H2,1-3H3,(H2,42,46)(H,44,49)/t26-/m0/s1. The fraction of sp³-hybridized carbons (Fsp3) is 0.314. The predicted octanol–water partition coefficient (Wildman–Crippen LogP) is 6.46. The number of pyridine rings is 1. The summed E-state index contributed by atoms with van der Waals surface area (Å²) in [5.74, 6) is 3.10. The lowest BCUT2D eigenvalue weighted by molar-refractivity contribution is -0.141. The molecule has 0 bridgehead atoms. The molecular formula is C35H31ClF5N7O2. The minimum atomic E-state index is -4.71. The molecule has 1 atom stereocenters. The number of amides is 1. The van der Waals surface area contributed by atoms with Crippen molar-refractivity contribution in [3.8, 4) is 23.0 Å². The van der Waals surface area contributed by atoms with E-state index in [1.165, 1.54) is 18.5 Å². The van der Waals surface area contributed by atoms with Crippen molar-refractivity contribution in [3.63, 3.8) is 0 Å². The molecule has 50 heavy (non-hydrogen) atoms. The number of nitrogens with two attached hydrogens (primary N) is 1. The van der Waals surface area contributed by atoms with Gasteiger partial charge in [-0.25, -0.2) is 13.8 Å². The number of hydrogen-bond acceptors (Lipinski definition) is 6. The Hall–Kier alpha value is -5.00. The van der Waals surface area contributed by atoms with Crippen molar-refractivity contribution in [1.82, 2.24) is 29.9 Å². The number of halogens is 6. The van der Waals surface area contributed by atoms with Crippen LogP contribution in [0.1, 0.15) is 67.0 Å². The molecule has 4 N–H and O–H groups in total. The van der Waals surface area contributed by atoms with Crippen molar-refractivity contribution in [2.24, 2.45) is 7.05 Å². The summed E-state index contributed by atoms with van der Waals surface area (Å²) in [6, 6.07) is 9.38. The molecule has 0 saturated heterocycles. The van der Waals surface area contributed by atoms with Crippen LogP contribution in [0.25, 0.3) is 22.0 Å². The van der Waals surface area contributed by atoms with Crippen LogP contribution in [0.5, 0.6) is 0 Å². The average Bonchev–Trinajstić information content (AvgIpc) is 3.69. The first-order chi connectivity index (χ1) is 23.5. The van der Waals surface area contributed by atoms with E-state index in [0.717, 1.165) is 22.9 Å². The highest BCUT2D eigenvalue weighted by Gasteiger charge is 2.38. The molecule has 9 nitrogen and oxygen atoms in total. The topological polar surface area (TPSA) is 124 Å². The maximum atomic E-state index is 14.4. The molecule has 0 unspecified atom stereocenters. The van der Waals surface area contributed by atoms with Crippen LogP contribution in [0, 0.1) is 23.5 Å². The zero-order valence-corrected chi connectivity index (χ0v) is 27.8. The number of aliphatic hydroxyl groups is 1. The largest absolute Gasteiger partial charge is 0.435 e. The molecule has 3 heterocycles. The van der Waals surface area contributed by atoms with Crippen molar-refractivity contribution in [2.75, 3.05) is 5.73 Å². The molecular weight excluding hydrogens is 681 g/mol. The molecule has 260 valence electrons. The van der Waals surface area contributed by atoms with Gasteiger partial charge >= 0.3 is 6.18 Å². The third-order valence-corrected chi connectivity index (χ3v) is 8.41. The Bertz CT molecular complexity index is 2170. The molecule has 2 aromatic carbocycles. The van der Waals surface area contributed by atoms with Gasteiger partial charge in [0, 0.05) is 35.9 Å². The highest BCUT2D eigenvalue weighted by molar-refractivity contribution is 6.37. The summed E-state index contributed by atoms with van der Waals surface area (Å²) in [5, 5.41) is 21.9. The lowest BCUT2D eigenvalue weighted by Gasteiger charge is -2.23. The summed E-state index contributed by atoms with van der Waals surface area (Å²) in [4.78, 5) is 18.5. The van der Waals surface area contributed by atoms with Crippen LogP contribution in [0.15, 0.2) is 48.5 Å². The first-order valence-electron chi connectivity index (χ1n) is 15.5. The van der Waals surface area contributed by atoms with Gasteiger partial charge in [-0.05, 0) is 81.0 Å². The molecule has 1 aliphatic carbocycles. The number of nitrogens with one attached hydrogen (secondary N) is 1. The molecule has 0 radical (unpaired) electrons. The molecule has 15 heteroatoms. The van der Waals surface area contributed by atoms with Crippen molar-refractivity contribution in [2.45, 2.75) is 63.4 Å². The van der Waals surface area contributed by atoms with Crippen LogP contribution in [0.2, 0.25) is 5.02 Å². The van der Waals surface area contributed by atoms with E-state index in [4.69, 9.17) is 22.3 Å². The molecule has 3 aromatic heterocycles. The van der Waals surface area contributed by atoms with Crippen molar-refractivity contribution < 1.29 is 31.9 Å². The van der Waals surface area contributed by atoms with Crippen LogP contribution < -0.4 is 11.1 Å². The van der Waals surface area contributed by atoms with Crippen LogP contribution in [-0.2, 0) is 31.0 Å². The fourth-order valence-electron chi connectivity index (χ4n) is 5.84. The van der Waals surface area contributed by atoms with Crippen LogP contribution in [0.4, 0.5) is 27.8 Å². The predicted molar refractivity (Wildman–Crippen MR) is 177 cm³/mol. The minimum absolute atomic E-state index is 0.157. The van der Waals surface area contributed by atoms with E-state index in [1.807, 2.05) is 0 Å². The molecule has 1 amide bonds. The molecule has 1 aliphatic rings. The molecule has 1 fully saturated rings. The number of hydrogen-bond donors (Lipinski definition) is 3. The average molecular weight is 712 g/mol. The number of benzene rings is 2. The van der Waals surface area contributed by atoms with E-state index in [9.17, 15) is 31.9 Å². The highest BCUT2D eigenvalue weighted by atomic mass is 35.5. The Balaban J connectivity index is 1.50. The number of nitrogens with zero attached hydrogens (tertiary/aromatic N) is 5. The molecule has 0 aliphatic heterocycles. The van der Waals surface area contributed by atoms with Gasteiger partial charge in [-0.1, -0.05) is 23.6 Å². The van der Waals surface area contributed by atoms with Gasteiger partial charge in [-0.2, -0.15) is 23.4 Å². The molecule has 5 aromatic rings. The smallest absolute Gasteiger partial charge is 0.382 e. The Labute approximate surface area is 288 Å². The number of fused-ring (bicyclic) bond motifs is 1. The first kappa shape index (κ1) is 34.8. The van der Waals surface area contributed by atoms with Crippen LogP contribution in [0.3, 0.4) is 0 Å². The van der Waals surface area contributed by atoms with Crippen LogP contribution >= 0.6 is 11.6 Å².